The Bertz CT molecular complexity index is 827. The van der Waals surface area contributed by atoms with Crippen LogP contribution in [0.15, 0.2) is 12.1 Å². The molecule has 6 heteroatoms. The quantitative estimate of drug-likeness (QED) is 0.658. The highest BCUT2D eigenvalue weighted by atomic mass is 16.3. The summed E-state index contributed by atoms with van der Waals surface area (Å²) in [4.78, 5) is 16.8. The van der Waals surface area contributed by atoms with Crippen molar-refractivity contribution in [2.24, 2.45) is 5.41 Å². The first-order valence-corrected chi connectivity index (χ1v) is 10.1. The summed E-state index contributed by atoms with van der Waals surface area (Å²) in [6.07, 6.45) is 4.14. The number of fused-ring (bicyclic) bond motifs is 1. The monoisotopic (exact) mass is 372 g/mol. The van der Waals surface area contributed by atoms with E-state index in [1.54, 1.807) is 4.90 Å². The number of benzene rings is 1. The van der Waals surface area contributed by atoms with Crippen molar-refractivity contribution in [1.82, 2.24) is 4.90 Å². The van der Waals surface area contributed by atoms with Gasteiger partial charge in [0.2, 0.25) is 5.91 Å². The second-order valence-corrected chi connectivity index (χ2v) is 8.98. The highest BCUT2D eigenvalue weighted by Gasteiger charge is 2.71. The number of aromatic hydroxyl groups is 2. The van der Waals surface area contributed by atoms with E-state index in [0.29, 0.717) is 12.1 Å². The number of rotatable bonds is 1. The molecule has 3 heterocycles. The lowest BCUT2D eigenvalue weighted by Gasteiger charge is -2.60. The first kappa shape index (κ1) is 17.3. The van der Waals surface area contributed by atoms with Crippen LogP contribution in [0.25, 0.3) is 0 Å². The van der Waals surface area contributed by atoms with Crippen LogP contribution in [0.1, 0.15) is 51.5 Å². The van der Waals surface area contributed by atoms with Gasteiger partial charge in [-0.2, -0.15) is 0 Å². The molecule has 146 valence electrons. The fourth-order valence-corrected chi connectivity index (χ4v) is 7.30. The zero-order chi connectivity index (χ0) is 19.1. The third-order valence-corrected chi connectivity index (χ3v) is 8.07. The fourth-order valence-electron chi connectivity index (χ4n) is 7.30. The standard InChI is InChI=1S/C21H28N2O4/c1-3-20-7-4-9-22-10-8-21(19(20)22)13-5-6-14(25)17(27)16(13)23(12(2)24)18(21)15(26)11-20/h5-6,15,18-19,25-27H,3-4,7-11H2,1-2H3/t15-,18?,19+,20+,21+/m1/s1. The number of piperidine rings is 1. The van der Waals surface area contributed by atoms with Crippen molar-refractivity contribution in [3.63, 3.8) is 0 Å². The van der Waals surface area contributed by atoms with Crippen LogP contribution >= 0.6 is 0 Å². The van der Waals surface area contributed by atoms with Crippen LogP contribution in [0.3, 0.4) is 0 Å². The van der Waals surface area contributed by atoms with Gasteiger partial charge in [0.1, 0.15) is 0 Å². The minimum absolute atomic E-state index is 0.0300. The minimum atomic E-state index is -0.642. The van der Waals surface area contributed by atoms with Crippen molar-refractivity contribution in [1.29, 1.82) is 0 Å². The van der Waals surface area contributed by atoms with Crippen LogP contribution in [0.2, 0.25) is 0 Å². The van der Waals surface area contributed by atoms with Crippen molar-refractivity contribution in [2.75, 3.05) is 18.0 Å². The van der Waals surface area contributed by atoms with Crippen LogP contribution in [-0.4, -0.2) is 57.4 Å². The van der Waals surface area contributed by atoms with Gasteiger partial charge in [-0.25, -0.2) is 0 Å². The lowest BCUT2D eigenvalue weighted by atomic mass is 9.51. The Balaban J connectivity index is 1.82. The van der Waals surface area contributed by atoms with E-state index in [4.69, 9.17) is 0 Å². The van der Waals surface area contributed by atoms with Crippen molar-refractivity contribution in [2.45, 2.75) is 69.6 Å². The summed E-state index contributed by atoms with van der Waals surface area (Å²) in [5.41, 5.74) is 0.970. The first-order chi connectivity index (χ1) is 12.9. The molecule has 6 nitrogen and oxygen atoms in total. The number of hydrogen-bond donors (Lipinski definition) is 3. The van der Waals surface area contributed by atoms with Crippen LogP contribution in [-0.2, 0) is 10.2 Å². The number of hydrogen-bond acceptors (Lipinski definition) is 5. The topological polar surface area (TPSA) is 84.2 Å². The van der Waals surface area contributed by atoms with Gasteiger partial charge < -0.3 is 20.2 Å². The lowest BCUT2D eigenvalue weighted by molar-refractivity contribution is -0.121. The molecule has 1 spiro atoms. The third kappa shape index (κ3) is 1.86. The van der Waals surface area contributed by atoms with Gasteiger partial charge in [0.25, 0.3) is 0 Å². The molecule has 0 aromatic heterocycles. The molecule has 1 aliphatic carbocycles. The van der Waals surface area contributed by atoms with Crippen LogP contribution in [0.5, 0.6) is 11.5 Å². The molecule has 27 heavy (non-hydrogen) atoms. The molecule has 3 aliphatic heterocycles. The fraction of sp³-hybridized carbons (Fsp3) is 0.667. The number of aliphatic hydroxyl groups is 1. The van der Waals surface area contributed by atoms with E-state index in [9.17, 15) is 20.1 Å². The first-order valence-electron chi connectivity index (χ1n) is 10.1. The van der Waals surface area contributed by atoms with E-state index in [0.717, 1.165) is 44.3 Å². The Hall–Kier alpha value is -1.79. The molecule has 1 saturated carbocycles. The summed E-state index contributed by atoms with van der Waals surface area (Å²) < 4.78 is 0. The van der Waals surface area contributed by atoms with Crippen LogP contribution in [0.4, 0.5) is 5.69 Å². The predicted octanol–water partition coefficient (Wildman–Crippen LogP) is 2.10. The van der Waals surface area contributed by atoms with Crippen molar-refractivity contribution in [3.8, 4) is 11.5 Å². The second-order valence-electron chi connectivity index (χ2n) is 8.98. The summed E-state index contributed by atoms with van der Waals surface area (Å²) >= 11 is 0. The van der Waals surface area contributed by atoms with Gasteiger partial charge in [0.05, 0.1) is 17.8 Å². The Morgan fingerprint density at radius 2 is 2.04 bits per heavy atom. The molecule has 1 aromatic rings. The largest absolute Gasteiger partial charge is 0.504 e. The average molecular weight is 372 g/mol. The second kappa shape index (κ2) is 5.39. The Morgan fingerprint density at radius 1 is 1.26 bits per heavy atom. The molecule has 3 N–H and O–H groups in total. The molecule has 0 radical (unpaired) electrons. The summed E-state index contributed by atoms with van der Waals surface area (Å²) in [6.45, 7) is 5.70. The van der Waals surface area contributed by atoms with E-state index in [2.05, 4.69) is 11.8 Å². The third-order valence-electron chi connectivity index (χ3n) is 8.07. The molecule has 1 amide bonds. The maximum atomic E-state index is 12.7. The number of amides is 1. The SMILES string of the molecule is CC[C@]12CCCN3CC[C@@]4(c5ccc(O)c(O)c5N(C(C)=O)C4[C@H](O)C1)[C@@H]32. The zero-order valence-corrected chi connectivity index (χ0v) is 16.0. The maximum absolute atomic E-state index is 12.7. The van der Waals surface area contributed by atoms with Gasteiger partial charge in [-0.05, 0) is 62.2 Å². The zero-order valence-electron chi connectivity index (χ0n) is 16.0. The number of nitrogens with zero attached hydrogens (tertiary/aromatic N) is 2. The summed E-state index contributed by atoms with van der Waals surface area (Å²) in [7, 11) is 0. The number of anilines is 1. The number of phenols is 2. The van der Waals surface area contributed by atoms with Gasteiger partial charge in [0, 0.05) is 18.4 Å². The predicted molar refractivity (Wildman–Crippen MR) is 101 cm³/mol. The highest BCUT2D eigenvalue weighted by Crippen LogP contribution is 2.67. The molecular formula is C21H28N2O4. The number of aliphatic hydroxyl groups excluding tert-OH is 1. The molecule has 1 unspecified atom stereocenters. The van der Waals surface area contributed by atoms with Gasteiger partial charge in [-0.3, -0.25) is 9.69 Å². The van der Waals surface area contributed by atoms with E-state index < -0.39 is 6.10 Å². The maximum Gasteiger partial charge on any atom is 0.224 e. The molecule has 2 saturated heterocycles. The van der Waals surface area contributed by atoms with Gasteiger partial charge >= 0.3 is 0 Å². The number of carbonyl (C=O) groups is 1. The van der Waals surface area contributed by atoms with E-state index in [1.165, 1.54) is 13.0 Å². The Labute approximate surface area is 159 Å². The molecule has 5 rings (SSSR count). The van der Waals surface area contributed by atoms with Gasteiger partial charge in [-0.15, -0.1) is 0 Å². The average Bonchev–Trinajstić information content (AvgIpc) is 3.17. The van der Waals surface area contributed by atoms with Crippen LogP contribution in [0, 0.1) is 5.41 Å². The van der Waals surface area contributed by atoms with Gasteiger partial charge in [0.15, 0.2) is 11.5 Å². The van der Waals surface area contributed by atoms with Crippen molar-refractivity contribution in [3.05, 3.63) is 17.7 Å². The molecular weight excluding hydrogens is 344 g/mol. The van der Waals surface area contributed by atoms with Crippen molar-refractivity contribution >= 4 is 11.6 Å². The van der Waals surface area contributed by atoms with E-state index in [-0.39, 0.29) is 40.3 Å². The van der Waals surface area contributed by atoms with E-state index in [1.807, 2.05) is 6.07 Å². The molecule has 1 aromatic carbocycles. The summed E-state index contributed by atoms with van der Waals surface area (Å²) in [5, 5.41) is 32.1. The number of phenolic OH excluding ortho intramolecular Hbond substituents is 2. The van der Waals surface area contributed by atoms with Crippen molar-refractivity contribution < 1.29 is 20.1 Å². The highest BCUT2D eigenvalue weighted by molar-refractivity contribution is 5.99. The Morgan fingerprint density at radius 3 is 2.74 bits per heavy atom. The Kier molecular flexibility index (Phi) is 3.45. The van der Waals surface area contributed by atoms with Crippen LogP contribution < -0.4 is 4.90 Å². The van der Waals surface area contributed by atoms with E-state index >= 15 is 0 Å². The molecule has 3 fully saturated rings. The molecule has 0 bridgehead atoms. The molecule has 5 atom stereocenters. The summed E-state index contributed by atoms with van der Waals surface area (Å²) in [5.74, 6) is -0.656. The smallest absolute Gasteiger partial charge is 0.224 e. The number of carbonyl (C=O) groups excluding carboxylic acids is 1. The normalized spacial score (nSPS) is 39.8. The lowest BCUT2D eigenvalue weighted by Crippen LogP contribution is -2.69. The minimum Gasteiger partial charge on any atom is -0.504 e. The molecule has 4 aliphatic rings. The van der Waals surface area contributed by atoms with Gasteiger partial charge in [-0.1, -0.05) is 13.0 Å². The summed E-state index contributed by atoms with van der Waals surface area (Å²) in [6, 6.07) is 3.27.